The first kappa shape index (κ1) is 12.2. The van der Waals surface area contributed by atoms with Crippen LogP contribution in [0, 0.1) is 0 Å². The number of primary amides is 1. The Balaban J connectivity index is 2.07. The minimum absolute atomic E-state index is 0.391. The first-order valence-electron chi connectivity index (χ1n) is 5.82. The van der Waals surface area contributed by atoms with Crippen LogP contribution in [0.15, 0.2) is 54.8 Å². The van der Waals surface area contributed by atoms with E-state index in [4.69, 9.17) is 5.73 Å². The summed E-state index contributed by atoms with van der Waals surface area (Å²) in [6.07, 6.45) is 7.33. The van der Waals surface area contributed by atoms with Crippen LogP contribution in [0.4, 0.5) is 0 Å². The molecule has 2 rings (SSSR count). The number of carbonyl (C=O) groups is 1. The van der Waals surface area contributed by atoms with Gasteiger partial charge < -0.3 is 10.6 Å². The van der Waals surface area contributed by atoms with Crippen LogP contribution < -0.4 is 5.73 Å². The molecule has 1 heterocycles. The van der Waals surface area contributed by atoms with Gasteiger partial charge in [-0.15, -0.1) is 0 Å². The highest BCUT2D eigenvalue weighted by molar-refractivity contribution is 5.94. The summed E-state index contributed by atoms with van der Waals surface area (Å²) in [5.74, 6) is -0.391. The number of carbonyl (C=O) groups excluding carboxylic acids is 1. The Morgan fingerprint density at radius 3 is 2.72 bits per heavy atom. The van der Waals surface area contributed by atoms with Crippen molar-refractivity contribution in [2.45, 2.75) is 6.54 Å². The van der Waals surface area contributed by atoms with Gasteiger partial charge in [-0.05, 0) is 11.1 Å². The lowest BCUT2D eigenvalue weighted by Crippen LogP contribution is -2.24. The predicted molar refractivity (Wildman–Crippen MR) is 73.4 cm³/mol. The van der Waals surface area contributed by atoms with Crippen LogP contribution in [0.3, 0.4) is 0 Å². The lowest BCUT2D eigenvalue weighted by Gasteiger charge is -2.22. The zero-order chi connectivity index (χ0) is 13.0. The van der Waals surface area contributed by atoms with Gasteiger partial charge in [-0.2, -0.15) is 0 Å². The van der Waals surface area contributed by atoms with Crippen LogP contribution in [0.5, 0.6) is 0 Å². The summed E-state index contributed by atoms with van der Waals surface area (Å²) in [4.78, 5) is 13.2. The largest absolute Gasteiger partial charge is 0.369 e. The third-order valence-electron chi connectivity index (χ3n) is 2.84. The monoisotopic (exact) mass is 240 g/mol. The molecule has 92 valence electrons. The van der Waals surface area contributed by atoms with E-state index >= 15 is 0 Å². The van der Waals surface area contributed by atoms with Crippen molar-refractivity contribution in [1.82, 2.24) is 4.90 Å². The molecule has 0 atom stereocenters. The number of amides is 1. The molecule has 0 radical (unpaired) electrons. The van der Waals surface area contributed by atoms with Crippen molar-refractivity contribution in [1.29, 1.82) is 0 Å². The molecule has 3 heteroatoms. The molecule has 0 fully saturated rings. The smallest absolute Gasteiger partial charge is 0.250 e. The van der Waals surface area contributed by atoms with Crippen molar-refractivity contribution in [2.24, 2.45) is 5.73 Å². The van der Waals surface area contributed by atoms with E-state index in [0.29, 0.717) is 5.57 Å². The first-order chi connectivity index (χ1) is 8.69. The van der Waals surface area contributed by atoms with Crippen LogP contribution in [0.2, 0.25) is 0 Å². The summed E-state index contributed by atoms with van der Waals surface area (Å²) in [6.45, 7) is 5.28. The molecule has 0 aromatic heterocycles. The molecule has 1 aliphatic heterocycles. The van der Waals surface area contributed by atoms with Crippen molar-refractivity contribution in [3.05, 3.63) is 65.9 Å². The molecule has 0 saturated carbocycles. The van der Waals surface area contributed by atoms with E-state index in [0.717, 1.165) is 18.7 Å². The van der Waals surface area contributed by atoms with Gasteiger partial charge >= 0.3 is 0 Å². The topological polar surface area (TPSA) is 46.3 Å². The third kappa shape index (κ3) is 2.88. The van der Waals surface area contributed by atoms with Crippen LogP contribution in [0.25, 0.3) is 6.08 Å². The summed E-state index contributed by atoms with van der Waals surface area (Å²) < 4.78 is 0. The molecule has 3 nitrogen and oxygen atoms in total. The van der Waals surface area contributed by atoms with E-state index in [9.17, 15) is 4.79 Å². The lowest BCUT2D eigenvalue weighted by molar-refractivity contribution is -0.114. The molecular formula is C15H16N2O. The maximum Gasteiger partial charge on any atom is 0.250 e. The Morgan fingerprint density at radius 1 is 1.39 bits per heavy atom. The summed E-state index contributed by atoms with van der Waals surface area (Å²) >= 11 is 0. The number of nitrogens with two attached hydrogens (primary N) is 1. The fourth-order valence-electron chi connectivity index (χ4n) is 1.86. The first-order valence-corrected chi connectivity index (χ1v) is 5.82. The van der Waals surface area contributed by atoms with Crippen LogP contribution in [-0.4, -0.2) is 17.4 Å². The van der Waals surface area contributed by atoms with E-state index in [2.05, 4.69) is 23.6 Å². The SMILES string of the molecule is C=Cc1ccc(CN2C=C(C(N)=O)C=CC2)cc1. The predicted octanol–water partition coefficient (Wildman–Crippen LogP) is 2.07. The summed E-state index contributed by atoms with van der Waals surface area (Å²) in [5.41, 5.74) is 8.10. The van der Waals surface area contributed by atoms with E-state index < -0.39 is 5.91 Å². The van der Waals surface area contributed by atoms with Crippen molar-refractivity contribution in [3.63, 3.8) is 0 Å². The van der Waals surface area contributed by atoms with Crippen LogP contribution in [0.1, 0.15) is 11.1 Å². The number of hydrogen-bond donors (Lipinski definition) is 1. The normalized spacial score (nSPS) is 14.2. The van der Waals surface area contributed by atoms with Crippen molar-refractivity contribution in [2.75, 3.05) is 6.54 Å². The molecule has 0 unspecified atom stereocenters. The van der Waals surface area contributed by atoms with E-state index in [1.165, 1.54) is 5.56 Å². The molecule has 1 amide bonds. The number of rotatable bonds is 4. The molecule has 0 bridgehead atoms. The fourth-order valence-corrected chi connectivity index (χ4v) is 1.86. The Bertz CT molecular complexity index is 512. The second-order valence-corrected chi connectivity index (χ2v) is 4.23. The highest BCUT2D eigenvalue weighted by Gasteiger charge is 2.09. The highest BCUT2D eigenvalue weighted by Crippen LogP contribution is 2.13. The molecule has 1 aromatic carbocycles. The molecular weight excluding hydrogens is 224 g/mol. The Kier molecular flexibility index (Phi) is 3.63. The average Bonchev–Trinajstić information content (AvgIpc) is 2.40. The van der Waals surface area contributed by atoms with Crippen molar-refractivity contribution >= 4 is 12.0 Å². The van der Waals surface area contributed by atoms with Gasteiger partial charge in [0.2, 0.25) is 5.91 Å². The van der Waals surface area contributed by atoms with Crippen molar-refractivity contribution < 1.29 is 4.79 Å². The molecule has 1 aliphatic rings. The maximum absolute atomic E-state index is 11.1. The van der Waals surface area contributed by atoms with Gasteiger partial charge in [0, 0.05) is 19.3 Å². The lowest BCUT2D eigenvalue weighted by atomic mass is 10.1. The Morgan fingerprint density at radius 2 is 2.11 bits per heavy atom. The van der Waals surface area contributed by atoms with Gasteiger partial charge in [0.1, 0.15) is 0 Å². The van der Waals surface area contributed by atoms with Crippen LogP contribution >= 0.6 is 0 Å². The van der Waals surface area contributed by atoms with Gasteiger partial charge in [-0.1, -0.05) is 49.1 Å². The van der Waals surface area contributed by atoms with E-state index in [-0.39, 0.29) is 0 Å². The summed E-state index contributed by atoms with van der Waals surface area (Å²) in [5, 5.41) is 0. The third-order valence-corrected chi connectivity index (χ3v) is 2.84. The van der Waals surface area contributed by atoms with Gasteiger partial charge in [0.15, 0.2) is 0 Å². The maximum atomic E-state index is 11.1. The van der Waals surface area contributed by atoms with Gasteiger partial charge in [0.25, 0.3) is 0 Å². The minimum Gasteiger partial charge on any atom is -0.369 e. The molecule has 0 saturated heterocycles. The van der Waals surface area contributed by atoms with E-state index in [1.807, 2.05) is 30.5 Å². The molecule has 0 spiro atoms. The summed E-state index contributed by atoms with van der Waals surface area (Å²) in [7, 11) is 0. The average molecular weight is 240 g/mol. The zero-order valence-corrected chi connectivity index (χ0v) is 10.2. The second kappa shape index (κ2) is 5.36. The standard InChI is InChI=1S/C15H16N2O/c1-2-12-5-7-13(8-6-12)10-17-9-3-4-14(11-17)15(16)18/h2-8,11H,1,9-10H2,(H2,16,18). The molecule has 1 aromatic rings. The molecule has 18 heavy (non-hydrogen) atoms. The quantitative estimate of drug-likeness (QED) is 0.875. The number of hydrogen-bond acceptors (Lipinski definition) is 2. The highest BCUT2D eigenvalue weighted by atomic mass is 16.1. The Labute approximate surface area is 107 Å². The van der Waals surface area contributed by atoms with Gasteiger partial charge in [-0.25, -0.2) is 0 Å². The van der Waals surface area contributed by atoms with Crippen molar-refractivity contribution in [3.8, 4) is 0 Å². The van der Waals surface area contributed by atoms with Gasteiger partial charge in [-0.3, -0.25) is 4.79 Å². The minimum atomic E-state index is -0.391. The second-order valence-electron chi connectivity index (χ2n) is 4.23. The molecule has 2 N–H and O–H groups in total. The zero-order valence-electron chi connectivity index (χ0n) is 10.2. The van der Waals surface area contributed by atoms with Gasteiger partial charge in [0.05, 0.1) is 5.57 Å². The Hall–Kier alpha value is -2.29. The van der Waals surface area contributed by atoms with Crippen LogP contribution in [-0.2, 0) is 11.3 Å². The fraction of sp³-hybridized carbons (Fsp3) is 0.133. The van der Waals surface area contributed by atoms with E-state index in [1.54, 1.807) is 6.08 Å². The summed E-state index contributed by atoms with van der Waals surface area (Å²) in [6, 6.07) is 8.18. The number of nitrogens with zero attached hydrogens (tertiary/aromatic N) is 1. The number of benzene rings is 1. The molecule has 0 aliphatic carbocycles.